The minimum atomic E-state index is 0.756. The Bertz CT molecular complexity index is 684. The van der Waals surface area contributed by atoms with E-state index in [9.17, 15) is 0 Å². The van der Waals surface area contributed by atoms with Gasteiger partial charge in [-0.25, -0.2) is 4.98 Å². The molecule has 0 saturated carbocycles. The molecule has 18 heavy (non-hydrogen) atoms. The number of aryl methyl sites for hydroxylation is 1. The SMILES string of the molecule is Cn1c(Cc2ccccc2)nc2cc(N)ccc21. The van der Waals surface area contributed by atoms with Gasteiger partial charge in [-0.3, -0.25) is 0 Å². The van der Waals surface area contributed by atoms with Gasteiger partial charge in [-0.05, 0) is 23.8 Å². The summed E-state index contributed by atoms with van der Waals surface area (Å²) in [6.45, 7) is 0. The van der Waals surface area contributed by atoms with Gasteiger partial charge in [0.1, 0.15) is 5.82 Å². The first-order valence-electron chi connectivity index (χ1n) is 5.99. The fourth-order valence-corrected chi connectivity index (χ4v) is 2.20. The van der Waals surface area contributed by atoms with Crippen molar-refractivity contribution in [1.29, 1.82) is 0 Å². The quantitative estimate of drug-likeness (QED) is 0.696. The molecule has 0 atom stereocenters. The number of hydrogen-bond donors (Lipinski definition) is 1. The van der Waals surface area contributed by atoms with Gasteiger partial charge in [0.2, 0.25) is 0 Å². The van der Waals surface area contributed by atoms with Crippen LogP contribution in [0.5, 0.6) is 0 Å². The topological polar surface area (TPSA) is 43.8 Å². The van der Waals surface area contributed by atoms with Crippen LogP contribution in [0.3, 0.4) is 0 Å². The second kappa shape index (κ2) is 4.18. The molecule has 0 bridgehead atoms. The number of imidazole rings is 1. The van der Waals surface area contributed by atoms with Crippen LogP contribution < -0.4 is 5.73 Å². The Kier molecular flexibility index (Phi) is 2.52. The summed E-state index contributed by atoms with van der Waals surface area (Å²) in [5.41, 5.74) is 9.89. The van der Waals surface area contributed by atoms with E-state index >= 15 is 0 Å². The third-order valence-corrected chi connectivity index (χ3v) is 3.20. The predicted octanol–water partition coefficient (Wildman–Crippen LogP) is 2.75. The number of anilines is 1. The second-order valence-corrected chi connectivity index (χ2v) is 4.50. The van der Waals surface area contributed by atoms with Crippen molar-refractivity contribution in [2.45, 2.75) is 6.42 Å². The average Bonchev–Trinajstić information content (AvgIpc) is 2.67. The van der Waals surface area contributed by atoms with E-state index < -0.39 is 0 Å². The normalized spacial score (nSPS) is 10.9. The van der Waals surface area contributed by atoms with Gasteiger partial charge >= 0.3 is 0 Å². The Morgan fingerprint density at radius 3 is 2.67 bits per heavy atom. The third-order valence-electron chi connectivity index (χ3n) is 3.20. The Morgan fingerprint density at radius 2 is 1.89 bits per heavy atom. The van der Waals surface area contributed by atoms with Gasteiger partial charge in [0.05, 0.1) is 11.0 Å². The molecule has 3 aromatic rings. The van der Waals surface area contributed by atoms with Crippen molar-refractivity contribution in [3.63, 3.8) is 0 Å². The van der Waals surface area contributed by atoms with Crippen LogP contribution in [0.15, 0.2) is 48.5 Å². The van der Waals surface area contributed by atoms with Crippen LogP contribution in [0.1, 0.15) is 11.4 Å². The molecule has 0 unspecified atom stereocenters. The molecule has 0 aliphatic rings. The van der Waals surface area contributed by atoms with Gasteiger partial charge in [-0.1, -0.05) is 30.3 Å². The standard InChI is InChI=1S/C15H15N3/c1-18-14-8-7-12(16)10-13(14)17-15(18)9-11-5-3-2-4-6-11/h2-8,10H,9,16H2,1H3. The lowest BCUT2D eigenvalue weighted by Crippen LogP contribution is -1.98. The van der Waals surface area contributed by atoms with Crippen molar-refractivity contribution in [2.75, 3.05) is 5.73 Å². The summed E-state index contributed by atoms with van der Waals surface area (Å²) < 4.78 is 2.13. The van der Waals surface area contributed by atoms with Gasteiger partial charge in [0.25, 0.3) is 0 Å². The second-order valence-electron chi connectivity index (χ2n) is 4.50. The van der Waals surface area contributed by atoms with E-state index in [1.54, 1.807) is 0 Å². The van der Waals surface area contributed by atoms with E-state index in [4.69, 9.17) is 5.73 Å². The van der Waals surface area contributed by atoms with Gasteiger partial charge in [-0.2, -0.15) is 0 Å². The fourth-order valence-electron chi connectivity index (χ4n) is 2.20. The van der Waals surface area contributed by atoms with Crippen LogP contribution in [-0.4, -0.2) is 9.55 Å². The molecule has 0 radical (unpaired) electrons. The van der Waals surface area contributed by atoms with E-state index in [2.05, 4.69) is 33.8 Å². The van der Waals surface area contributed by atoms with Crippen molar-refractivity contribution >= 4 is 16.7 Å². The maximum Gasteiger partial charge on any atom is 0.114 e. The molecule has 3 nitrogen and oxygen atoms in total. The monoisotopic (exact) mass is 237 g/mol. The molecular formula is C15H15N3. The minimum absolute atomic E-state index is 0.756. The Balaban J connectivity index is 2.05. The largest absolute Gasteiger partial charge is 0.399 e. The highest BCUT2D eigenvalue weighted by Crippen LogP contribution is 2.19. The minimum Gasteiger partial charge on any atom is -0.399 e. The van der Waals surface area contributed by atoms with Crippen LogP contribution in [0.4, 0.5) is 5.69 Å². The number of benzene rings is 2. The van der Waals surface area contributed by atoms with E-state index in [-0.39, 0.29) is 0 Å². The van der Waals surface area contributed by atoms with E-state index in [1.807, 2.05) is 31.3 Å². The number of hydrogen-bond acceptors (Lipinski definition) is 2. The van der Waals surface area contributed by atoms with Crippen molar-refractivity contribution in [1.82, 2.24) is 9.55 Å². The summed E-state index contributed by atoms with van der Waals surface area (Å²) in [6.07, 6.45) is 0.839. The summed E-state index contributed by atoms with van der Waals surface area (Å²) in [5, 5.41) is 0. The average molecular weight is 237 g/mol. The zero-order valence-corrected chi connectivity index (χ0v) is 10.3. The summed E-state index contributed by atoms with van der Waals surface area (Å²) in [7, 11) is 2.05. The summed E-state index contributed by atoms with van der Waals surface area (Å²) in [4.78, 5) is 4.65. The molecule has 3 heteroatoms. The van der Waals surface area contributed by atoms with Gasteiger partial charge in [0.15, 0.2) is 0 Å². The molecule has 90 valence electrons. The number of nitrogens with zero attached hydrogens (tertiary/aromatic N) is 2. The molecular weight excluding hydrogens is 222 g/mol. The smallest absolute Gasteiger partial charge is 0.114 e. The number of nitrogen functional groups attached to an aromatic ring is 1. The van der Waals surface area contributed by atoms with E-state index in [0.29, 0.717) is 0 Å². The molecule has 0 amide bonds. The lowest BCUT2D eigenvalue weighted by atomic mass is 10.1. The molecule has 1 aromatic heterocycles. The fraction of sp³-hybridized carbons (Fsp3) is 0.133. The van der Waals surface area contributed by atoms with Gasteiger partial charge in [-0.15, -0.1) is 0 Å². The Morgan fingerprint density at radius 1 is 1.11 bits per heavy atom. The molecule has 3 rings (SSSR count). The highest BCUT2D eigenvalue weighted by atomic mass is 15.1. The predicted molar refractivity (Wildman–Crippen MR) is 74.4 cm³/mol. The van der Waals surface area contributed by atoms with Crippen LogP contribution in [0.25, 0.3) is 11.0 Å². The highest BCUT2D eigenvalue weighted by Gasteiger charge is 2.08. The molecule has 2 aromatic carbocycles. The molecule has 0 aliphatic carbocycles. The molecule has 0 aliphatic heterocycles. The lowest BCUT2D eigenvalue weighted by molar-refractivity contribution is 0.845. The van der Waals surface area contributed by atoms with Crippen molar-refractivity contribution < 1.29 is 0 Å². The molecule has 0 spiro atoms. The van der Waals surface area contributed by atoms with Crippen LogP contribution in [0.2, 0.25) is 0 Å². The highest BCUT2D eigenvalue weighted by molar-refractivity contribution is 5.79. The van der Waals surface area contributed by atoms with Crippen LogP contribution in [-0.2, 0) is 13.5 Å². The summed E-state index contributed by atoms with van der Waals surface area (Å²) in [5.74, 6) is 1.06. The summed E-state index contributed by atoms with van der Waals surface area (Å²) in [6, 6.07) is 16.2. The van der Waals surface area contributed by atoms with Crippen LogP contribution in [0, 0.1) is 0 Å². The van der Waals surface area contributed by atoms with Gasteiger partial charge in [0, 0.05) is 19.2 Å². The Hall–Kier alpha value is -2.29. The lowest BCUT2D eigenvalue weighted by Gasteiger charge is -2.02. The van der Waals surface area contributed by atoms with Crippen molar-refractivity contribution in [3.8, 4) is 0 Å². The van der Waals surface area contributed by atoms with Gasteiger partial charge < -0.3 is 10.3 Å². The summed E-state index contributed by atoms with van der Waals surface area (Å²) >= 11 is 0. The number of nitrogens with two attached hydrogens (primary N) is 1. The first kappa shape index (κ1) is 10.8. The molecule has 1 heterocycles. The maximum absolute atomic E-state index is 5.79. The zero-order valence-electron chi connectivity index (χ0n) is 10.3. The number of aromatic nitrogens is 2. The molecule has 0 saturated heterocycles. The maximum atomic E-state index is 5.79. The van der Waals surface area contributed by atoms with E-state index in [1.165, 1.54) is 5.56 Å². The zero-order chi connectivity index (χ0) is 12.5. The first-order valence-corrected chi connectivity index (χ1v) is 5.99. The Labute approximate surface area is 106 Å². The number of fused-ring (bicyclic) bond motifs is 1. The van der Waals surface area contributed by atoms with E-state index in [0.717, 1.165) is 29.0 Å². The molecule has 2 N–H and O–H groups in total. The number of rotatable bonds is 2. The first-order chi connectivity index (χ1) is 8.74. The third kappa shape index (κ3) is 1.84. The van der Waals surface area contributed by atoms with Crippen molar-refractivity contribution in [3.05, 3.63) is 59.9 Å². The van der Waals surface area contributed by atoms with Crippen LogP contribution >= 0.6 is 0 Å². The molecule has 0 fully saturated rings. The van der Waals surface area contributed by atoms with Crippen molar-refractivity contribution in [2.24, 2.45) is 7.05 Å².